The first-order valence-electron chi connectivity index (χ1n) is 12.5. The molecular formula is C25H36N6O5. The Morgan fingerprint density at radius 3 is 2.44 bits per heavy atom. The van der Waals surface area contributed by atoms with E-state index in [4.69, 9.17) is 11.5 Å². The zero-order valence-corrected chi connectivity index (χ0v) is 20.4. The van der Waals surface area contributed by atoms with E-state index in [2.05, 4.69) is 16.0 Å². The Kier molecular flexibility index (Phi) is 9.80. The summed E-state index contributed by atoms with van der Waals surface area (Å²) in [5.41, 5.74) is 11.6. The summed E-state index contributed by atoms with van der Waals surface area (Å²) in [7, 11) is 0. The fraction of sp³-hybridized carbons (Fsp3) is 0.560. The number of primary amides is 1. The van der Waals surface area contributed by atoms with Crippen LogP contribution in [-0.2, 0) is 30.5 Å². The summed E-state index contributed by atoms with van der Waals surface area (Å²) >= 11 is 0. The summed E-state index contributed by atoms with van der Waals surface area (Å²) in [5, 5.41) is 8.22. The Balaban J connectivity index is 1.71. The third-order valence-electron chi connectivity index (χ3n) is 6.78. The smallest absolute Gasteiger partial charge is 0.246 e. The minimum Gasteiger partial charge on any atom is -0.370 e. The first-order chi connectivity index (χ1) is 17.3. The molecule has 0 saturated carbocycles. The van der Waals surface area contributed by atoms with Crippen molar-refractivity contribution in [2.24, 2.45) is 11.5 Å². The lowest BCUT2D eigenvalue weighted by molar-refractivity contribution is -0.144. The molecule has 3 unspecified atom stereocenters. The lowest BCUT2D eigenvalue weighted by Gasteiger charge is -2.35. The molecule has 2 aliphatic rings. The van der Waals surface area contributed by atoms with E-state index < -0.39 is 41.8 Å². The molecule has 0 bridgehead atoms. The molecule has 3 rings (SSSR count). The van der Waals surface area contributed by atoms with Crippen LogP contribution < -0.4 is 27.4 Å². The van der Waals surface area contributed by atoms with Gasteiger partial charge >= 0.3 is 0 Å². The number of hydrogen-bond donors (Lipinski definition) is 5. The molecular weight excluding hydrogens is 464 g/mol. The maximum absolute atomic E-state index is 13.4. The topological polar surface area (TPSA) is 177 Å². The van der Waals surface area contributed by atoms with E-state index in [1.807, 2.05) is 30.3 Å². The molecule has 11 nitrogen and oxygen atoms in total. The Bertz CT molecular complexity index is 956. The van der Waals surface area contributed by atoms with Crippen LogP contribution >= 0.6 is 0 Å². The summed E-state index contributed by atoms with van der Waals surface area (Å²) in [6, 6.07) is 6.71. The zero-order chi connectivity index (χ0) is 26.1. The number of carbonyl (C=O) groups is 5. The van der Waals surface area contributed by atoms with Gasteiger partial charge in [-0.15, -0.1) is 0 Å². The van der Waals surface area contributed by atoms with Crippen molar-refractivity contribution in [1.29, 1.82) is 0 Å². The molecule has 36 heavy (non-hydrogen) atoms. The Hall–Kier alpha value is -3.47. The fourth-order valence-corrected chi connectivity index (χ4v) is 4.91. The number of benzene rings is 1. The largest absolute Gasteiger partial charge is 0.370 e. The predicted octanol–water partition coefficient (Wildman–Crippen LogP) is -0.570. The summed E-state index contributed by atoms with van der Waals surface area (Å²) in [6.07, 6.45) is 4.00. The van der Waals surface area contributed by atoms with Gasteiger partial charge in [0, 0.05) is 19.0 Å². The van der Waals surface area contributed by atoms with E-state index in [9.17, 15) is 24.0 Å². The molecule has 1 aromatic rings. The lowest BCUT2D eigenvalue weighted by Crippen LogP contribution is -2.58. The standard InChI is InChI=1S/C25H36N6O5/c26-14-22(33)29-19-9-5-4-8-17-10-12-20(31(17)25(19)36)24(35)30-18(11-13-21(27)32)23(34)28-15-16-6-2-1-3-7-16/h1-3,6-7,17-20H,4-5,8-15,26H2,(H2,27,32)(H,28,34)(H,29,33)(H,30,35)/t17?,18-,19?,20?/m0/s1. The number of amides is 5. The van der Waals surface area contributed by atoms with Crippen molar-refractivity contribution in [3.63, 3.8) is 0 Å². The van der Waals surface area contributed by atoms with Crippen LogP contribution in [0, 0.1) is 0 Å². The molecule has 2 fully saturated rings. The normalized spacial score (nSPS) is 22.5. The van der Waals surface area contributed by atoms with Gasteiger partial charge in [-0.1, -0.05) is 43.2 Å². The van der Waals surface area contributed by atoms with Crippen LogP contribution in [0.4, 0.5) is 0 Å². The van der Waals surface area contributed by atoms with Crippen molar-refractivity contribution >= 4 is 29.5 Å². The highest BCUT2D eigenvalue weighted by atomic mass is 16.2. The van der Waals surface area contributed by atoms with Gasteiger partial charge < -0.3 is 32.3 Å². The monoisotopic (exact) mass is 500 g/mol. The molecule has 2 saturated heterocycles. The lowest BCUT2D eigenvalue weighted by atomic mass is 9.99. The molecule has 2 heterocycles. The second-order valence-corrected chi connectivity index (χ2v) is 9.37. The van der Waals surface area contributed by atoms with Gasteiger partial charge in [0.15, 0.2) is 0 Å². The van der Waals surface area contributed by atoms with Crippen molar-refractivity contribution in [2.75, 3.05) is 6.54 Å². The van der Waals surface area contributed by atoms with Gasteiger partial charge in [-0.25, -0.2) is 0 Å². The summed E-state index contributed by atoms with van der Waals surface area (Å²) < 4.78 is 0. The number of rotatable bonds is 10. The highest BCUT2D eigenvalue weighted by Crippen LogP contribution is 2.31. The fourth-order valence-electron chi connectivity index (χ4n) is 4.91. The summed E-state index contributed by atoms with van der Waals surface area (Å²) in [6.45, 7) is 0.0397. The number of fused-ring (bicyclic) bond motifs is 1. The first kappa shape index (κ1) is 27.1. The second kappa shape index (κ2) is 13.0. The van der Waals surface area contributed by atoms with Crippen molar-refractivity contribution < 1.29 is 24.0 Å². The van der Waals surface area contributed by atoms with E-state index in [1.165, 1.54) is 0 Å². The maximum Gasteiger partial charge on any atom is 0.246 e. The predicted molar refractivity (Wildman–Crippen MR) is 132 cm³/mol. The summed E-state index contributed by atoms with van der Waals surface area (Å²) in [4.78, 5) is 64.5. The SMILES string of the molecule is NCC(=O)NC1CCCCC2CCC(C(=O)N[C@@H](CCC(N)=O)C(=O)NCc3ccccc3)N2C1=O. The van der Waals surface area contributed by atoms with Gasteiger partial charge in [-0.2, -0.15) is 0 Å². The van der Waals surface area contributed by atoms with Gasteiger partial charge in [0.05, 0.1) is 6.54 Å². The van der Waals surface area contributed by atoms with Gasteiger partial charge in [0.2, 0.25) is 29.5 Å². The molecule has 7 N–H and O–H groups in total. The third kappa shape index (κ3) is 7.27. The van der Waals surface area contributed by atoms with Gasteiger partial charge in [-0.05, 0) is 37.7 Å². The van der Waals surface area contributed by atoms with Crippen molar-refractivity contribution in [1.82, 2.24) is 20.9 Å². The second-order valence-electron chi connectivity index (χ2n) is 9.37. The first-order valence-corrected chi connectivity index (χ1v) is 12.5. The van der Waals surface area contributed by atoms with Crippen LogP contribution in [0.15, 0.2) is 30.3 Å². The number of carbonyl (C=O) groups excluding carboxylic acids is 5. The molecule has 4 atom stereocenters. The van der Waals surface area contributed by atoms with Gasteiger partial charge in [0.1, 0.15) is 18.1 Å². The van der Waals surface area contributed by atoms with Crippen LogP contribution in [0.5, 0.6) is 0 Å². The molecule has 0 aliphatic carbocycles. The number of nitrogens with one attached hydrogen (secondary N) is 3. The Labute approximate surface area is 210 Å². The minimum atomic E-state index is -0.981. The van der Waals surface area contributed by atoms with Crippen LogP contribution in [0.25, 0.3) is 0 Å². The highest BCUT2D eigenvalue weighted by Gasteiger charge is 2.44. The molecule has 0 radical (unpaired) electrons. The van der Waals surface area contributed by atoms with Crippen molar-refractivity contribution in [3.05, 3.63) is 35.9 Å². The number of hydrogen-bond acceptors (Lipinski definition) is 6. The minimum absolute atomic E-state index is 0.0426. The van der Waals surface area contributed by atoms with Crippen LogP contribution in [0.1, 0.15) is 56.9 Å². The average Bonchev–Trinajstić information content (AvgIpc) is 3.29. The van der Waals surface area contributed by atoms with E-state index in [1.54, 1.807) is 4.90 Å². The Morgan fingerprint density at radius 2 is 1.75 bits per heavy atom. The van der Waals surface area contributed by atoms with Gasteiger partial charge in [-0.3, -0.25) is 24.0 Å². The van der Waals surface area contributed by atoms with Crippen LogP contribution in [-0.4, -0.2) is 65.1 Å². The van der Waals surface area contributed by atoms with Crippen LogP contribution in [0.3, 0.4) is 0 Å². The highest BCUT2D eigenvalue weighted by molar-refractivity contribution is 5.95. The van der Waals surface area contributed by atoms with E-state index in [0.717, 1.165) is 24.8 Å². The van der Waals surface area contributed by atoms with E-state index in [0.29, 0.717) is 19.3 Å². The average molecular weight is 501 g/mol. The maximum atomic E-state index is 13.4. The number of nitrogens with zero attached hydrogens (tertiary/aromatic N) is 1. The molecule has 0 aromatic heterocycles. The van der Waals surface area contributed by atoms with Crippen molar-refractivity contribution in [3.8, 4) is 0 Å². The van der Waals surface area contributed by atoms with Crippen LogP contribution in [0.2, 0.25) is 0 Å². The molecule has 11 heteroatoms. The zero-order valence-electron chi connectivity index (χ0n) is 20.4. The number of nitrogens with two attached hydrogens (primary N) is 2. The molecule has 196 valence electrons. The quantitative estimate of drug-likeness (QED) is 0.287. The van der Waals surface area contributed by atoms with E-state index in [-0.39, 0.29) is 37.9 Å². The Morgan fingerprint density at radius 1 is 1.03 bits per heavy atom. The van der Waals surface area contributed by atoms with E-state index >= 15 is 0 Å². The molecule has 2 aliphatic heterocycles. The third-order valence-corrected chi connectivity index (χ3v) is 6.78. The summed E-state index contributed by atoms with van der Waals surface area (Å²) in [5.74, 6) is -2.20. The molecule has 1 aromatic carbocycles. The van der Waals surface area contributed by atoms with Crippen molar-refractivity contribution in [2.45, 2.75) is 82.1 Å². The molecule has 5 amide bonds. The van der Waals surface area contributed by atoms with Gasteiger partial charge in [0.25, 0.3) is 0 Å². The molecule has 0 spiro atoms.